The van der Waals surface area contributed by atoms with E-state index in [4.69, 9.17) is 29.7 Å². The number of alkyl halides is 9. The van der Waals surface area contributed by atoms with Crippen LogP contribution in [0.3, 0.4) is 0 Å². The Bertz CT molecular complexity index is 1270. The zero-order valence-corrected chi connectivity index (χ0v) is 23.6. The third-order valence-corrected chi connectivity index (χ3v) is 6.10. The monoisotopic (exact) mass is 678 g/mol. The van der Waals surface area contributed by atoms with Crippen LogP contribution < -0.4 is 0 Å². The lowest BCUT2D eigenvalue weighted by Gasteiger charge is -2.39. The number of carboxylic acid groups (broad SMARTS) is 3. The fourth-order valence-electron chi connectivity index (χ4n) is 4.20. The van der Waals surface area contributed by atoms with Crippen LogP contribution in [-0.4, -0.2) is 96.1 Å². The van der Waals surface area contributed by atoms with Crippen LogP contribution in [0.1, 0.15) is 36.3 Å². The molecule has 3 N–H and O–H groups in total. The number of amides is 1. The third-order valence-electron chi connectivity index (χ3n) is 6.10. The molecule has 2 aliphatic heterocycles. The summed E-state index contributed by atoms with van der Waals surface area (Å²) in [6, 6.07) is 12.8. The standard InChI is InChI=1S/C20H24N4O.3C2HF3O2/c1-15-5-4-7-17(22-15)14-24-19-10-12-23(18(19)8-9-20(24)25)13-16-6-2-3-11-21-16;3*3-2(4,5)1(6)7/h2-7,11,18-19H,8-10,12-14H2,1H3;3*(H,6,7)/t18-,19-;;;/m1.../s1. The topological polar surface area (TPSA) is 161 Å². The van der Waals surface area contributed by atoms with Gasteiger partial charge in [0.15, 0.2) is 0 Å². The van der Waals surface area contributed by atoms with Gasteiger partial charge in [-0.2, -0.15) is 39.5 Å². The lowest BCUT2D eigenvalue weighted by atomic mass is 9.96. The Kier molecular flexibility index (Phi) is 14.4. The molecule has 2 fully saturated rings. The molecule has 0 aliphatic carbocycles. The number of aryl methyl sites for hydroxylation is 1. The van der Waals surface area contributed by atoms with E-state index in [-0.39, 0.29) is 5.91 Å². The summed E-state index contributed by atoms with van der Waals surface area (Å²) < 4.78 is 95.2. The van der Waals surface area contributed by atoms with E-state index < -0.39 is 36.4 Å². The Morgan fingerprint density at radius 2 is 1.26 bits per heavy atom. The molecule has 46 heavy (non-hydrogen) atoms. The molecule has 1 amide bonds. The van der Waals surface area contributed by atoms with Gasteiger partial charge in [-0.1, -0.05) is 12.1 Å². The summed E-state index contributed by atoms with van der Waals surface area (Å²) in [5, 5.41) is 21.4. The highest BCUT2D eigenvalue weighted by atomic mass is 19.4. The second kappa shape index (κ2) is 16.7. The fraction of sp³-hybridized carbons (Fsp3) is 0.462. The van der Waals surface area contributed by atoms with Gasteiger partial charge in [0.1, 0.15) is 0 Å². The van der Waals surface area contributed by atoms with E-state index in [0.29, 0.717) is 25.0 Å². The number of nitrogens with zero attached hydrogens (tertiary/aromatic N) is 4. The first-order valence-electron chi connectivity index (χ1n) is 12.8. The Balaban J connectivity index is 0.000000413. The second-order valence-electron chi connectivity index (χ2n) is 9.45. The van der Waals surface area contributed by atoms with Gasteiger partial charge in [-0.3, -0.25) is 19.7 Å². The summed E-state index contributed by atoms with van der Waals surface area (Å²) in [6.07, 6.45) is -10.8. The normalized spacial score (nSPS) is 18.0. The number of carbonyl (C=O) groups is 4. The molecule has 11 nitrogen and oxygen atoms in total. The van der Waals surface area contributed by atoms with Gasteiger partial charge in [0, 0.05) is 43.5 Å². The maximum atomic E-state index is 12.6. The number of hydrogen-bond acceptors (Lipinski definition) is 7. The zero-order chi connectivity index (χ0) is 35.5. The van der Waals surface area contributed by atoms with Crippen molar-refractivity contribution in [3.05, 3.63) is 59.7 Å². The first-order chi connectivity index (χ1) is 21.0. The number of aromatic nitrogens is 2. The van der Waals surface area contributed by atoms with Gasteiger partial charge in [-0.05, 0) is 44.0 Å². The highest BCUT2D eigenvalue weighted by molar-refractivity contribution is 5.77. The Hall–Kier alpha value is -4.49. The number of halogens is 9. The maximum Gasteiger partial charge on any atom is 0.490 e. The van der Waals surface area contributed by atoms with Crippen LogP contribution in [0.15, 0.2) is 42.6 Å². The van der Waals surface area contributed by atoms with Crippen LogP contribution in [0, 0.1) is 6.92 Å². The first kappa shape index (κ1) is 39.5. The van der Waals surface area contributed by atoms with Gasteiger partial charge < -0.3 is 20.2 Å². The predicted octanol–water partition coefficient (Wildman–Crippen LogP) is 4.45. The lowest BCUT2D eigenvalue weighted by Crippen LogP contribution is -2.51. The number of carbonyl (C=O) groups excluding carboxylic acids is 1. The zero-order valence-electron chi connectivity index (χ0n) is 23.6. The number of likely N-dealkylation sites (tertiary alicyclic amines) is 2. The van der Waals surface area contributed by atoms with Crippen molar-refractivity contribution in [2.75, 3.05) is 6.54 Å². The van der Waals surface area contributed by atoms with Crippen LogP contribution in [0.25, 0.3) is 0 Å². The Morgan fingerprint density at radius 1 is 0.761 bits per heavy atom. The van der Waals surface area contributed by atoms with Crippen molar-refractivity contribution in [3.63, 3.8) is 0 Å². The van der Waals surface area contributed by atoms with Gasteiger partial charge in [0.05, 0.1) is 17.9 Å². The molecule has 0 aromatic carbocycles. The van der Waals surface area contributed by atoms with E-state index in [0.717, 1.165) is 43.0 Å². The molecular formula is C26H27F9N4O7. The van der Waals surface area contributed by atoms with Gasteiger partial charge in [0.25, 0.3) is 0 Å². The largest absolute Gasteiger partial charge is 0.490 e. The fourth-order valence-corrected chi connectivity index (χ4v) is 4.20. The number of carboxylic acids is 3. The lowest BCUT2D eigenvalue weighted by molar-refractivity contribution is -0.193. The van der Waals surface area contributed by atoms with E-state index in [9.17, 15) is 44.3 Å². The first-order valence-corrected chi connectivity index (χ1v) is 12.8. The van der Waals surface area contributed by atoms with E-state index in [2.05, 4.69) is 25.8 Å². The third kappa shape index (κ3) is 13.7. The molecule has 2 aromatic rings. The van der Waals surface area contributed by atoms with Gasteiger partial charge >= 0.3 is 36.4 Å². The van der Waals surface area contributed by atoms with Crippen LogP contribution in [0.4, 0.5) is 39.5 Å². The molecule has 0 saturated carbocycles. The minimum Gasteiger partial charge on any atom is -0.475 e. The molecular weight excluding hydrogens is 651 g/mol. The van der Waals surface area contributed by atoms with Crippen molar-refractivity contribution in [1.29, 1.82) is 0 Å². The minimum atomic E-state index is -5.08. The van der Waals surface area contributed by atoms with Gasteiger partial charge in [-0.25, -0.2) is 14.4 Å². The summed E-state index contributed by atoms with van der Waals surface area (Å²) in [5.41, 5.74) is 3.09. The molecule has 256 valence electrons. The molecule has 0 bridgehead atoms. The summed E-state index contributed by atoms with van der Waals surface area (Å²) in [5.74, 6) is -8.00. The SMILES string of the molecule is Cc1cccc(CN2C(=O)CC[C@@H]3[C@H]2CCN3Cc2ccccn2)n1.O=C(O)C(F)(F)F.O=C(O)C(F)(F)F.O=C(O)C(F)(F)F. The molecule has 2 atom stereocenters. The van der Waals surface area contributed by atoms with Crippen molar-refractivity contribution in [1.82, 2.24) is 19.8 Å². The maximum absolute atomic E-state index is 12.6. The van der Waals surface area contributed by atoms with E-state index in [1.165, 1.54) is 0 Å². The summed E-state index contributed by atoms with van der Waals surface area (Å²) in [7, 11) is 0. The van der Waals surface area contributed by atoms with E-state index in [1.54, 1.807) is 0 Å². The molecule has 2 aliphatic rings. The molecule has 20 heteroatoms. The summed E-state index contributed by atoms with van der Waals surface area (Å²) >= 11 is 0. The molecule has 0 spiro atoms. The number of pyridine rings is 2. The Morgan fingerprint density at radius 3 is 1.70 bits per heavy atom. The molecule has 2 aromatic heterocycles. The van der Waals surface area contributed by atoms with Crippen molar-refractivity contribution in [3.8, 4) is 0 Å². The van der Waals surface area contributed by atoms with Gasteiger partial charge in [-0.15, -0.1) is 0 Å². The summed E-state index contributed by atoms with van der Waals surface area (Å²) in [4.78, 5) is 52.9. The summed E-state index contributed by atoms with van der Waals surface area (Å²) in [6.45, 7) is 4.51. The number of fused-ring (bicyclic) bond motifs is 1. The van der Waals surface area contributed by atoms with Crippen LogP contribution in [-0.2, 0) is 32.3 Å². The smallest absolute Gasteiger partial charge is 0.475 e. The number of aliphatic carboxylic acids is 3. The van der Waals surface area contributed by atoms with Crippen LogP contribution >= 0.6 is 0 Å². The quantitative estimate of drug-likeness (QED) is 0.394. The van der Waals surface area contributed by atoms with Crippen molar-refractivity contribution in [2.45, 2.75) is 69.9 Å². The van der Waals surface area contributed by atoms with Crippen molar-refractivity contribution >= 4 is 23.8 Å². The number of rotatable bonds is 4. The van der Waals surface area contributed by atoms with Crippen molar-refractivity contribution < 1.29 is 74.0 Å². The molecule has 0 radical (unpaired) electrons. The molecule has 0 unspecified atom stereocenters. The average Bonchev–Trinajstić information content (AvgIpc) is 3.33. The molecule has 4 rings (SSSR count). The molecule has 4 heterocycles. The van der Waals surface area contributed by atoms with Gasteiger partial charge in [0.2, 0.25) is 5.91 Å². The highest BCUT2D eigenvalue weighted by Crippen LogP contribution is 2.33. The number of piperidine rings is 1. The molecule has 2 saturated heterocycles. The van der Waals surface area contributed by atoms with E-state index >= 15 is 0 Å². The van der Waals surface area contributed by atoms with Crippen LogP contribution in [0.5, 0.6) is 0 Å². The predicted molar refractivity (Wildman–Crippen MR) is 137 cm³/mol. The van der Waals surface area contributed by atoms with E-state index in [1.807, 2.05) is 43.5 Å². The number of hydrogen-bond donors (Lipinski definition) is 3. The Labute approximate surface area is 254 Å². The minimum absolute atomic E-state index is 0.268. The van der Waals surface area contributed by atoms with Crippen LogP contribution in [0.2, 0.25) is 0 Å². The average molecular weight is 679 g/mol. The van der Waals surface area contributed by atoms with Crippen molar-refractivity contribution in [2.24, 2.45) is 0 Å². The highest BCUT2D eigenvalue weighted by Gasteiger charge is 2.43. The second-order valence-corrected chi connectivity index (χ2v) is 9.45.